The van der Waals surface area contributed by atoms with E-state index in [1.807, 2.05) is 0 Å². The highest BCUT2D eigenvalue weighted by Crippen LogP contribution is 2.15. The van der Waals surface area contributed by atoms with Crippen LogP contribution in [-0.2, 0) is 7.05 Å². The molecular weight excluding hydrogens is 170 g/mol. The second kappa shape index (κ2) is 2.55. The van der Waals surface area contributed by atoms with Gasteiger partial charge in [0, 0.05) is 23.4 Å². The molecule has 2 N–H and O–H groups in total. The minimum absolute atomic E-state index is 0.297. The van der Waals surface area contributed by atoms with Crippen molar-refractivity contribution in [2.24, 2.45) is 7.05 Å². The van der Waals surface area contributed by atoms with Gasteiger partial charge >= 0.3 is 5.97 Å². The molecule has 0 unspecified atom stereocenters. The maximum absolute atomic E-state index is 10.9. The van der Waals surface area contributed by atoms with Crippen LogP contribution in [0, 0.1) is 0 Å². The molecule has 0 amide bonds. The van der Waals surface area contributed by atoms with Gasteiger partial charge in [-0.05, 0) is 0 Å². The molecule has 66 valence electrons. The summed E-state index contributed by atoms with van der Waals surface area (Å²) in [6.45, 7) is 0. The molecule has 0 radical (unpaired) electrons. The number of hydrogen-bond donors (Lipinski definition) is 0. The van der Waals surface area contributed by atoms with E-state index in [1.54, 1.807) is 24.1 Å². The summed E-state index contributed by atoms with van der Waals surface area (Å²) in [5.41, 5.74) is 1.06. The summed E-state index contributed by atoms with van der Waals surface area (Å²) >= 11 is 0. The van der Waals surface area contributed by atoms with E-state index in [2.05, 4.69) is 10.1 Å². The summed E-state index contributed by atoms with van der Waals surface area (Å²) < 4.78 is 1.62. The maximum Gasteiger partial charge on any atom is 0.551 e. The third kappa shape index (κ3) is 1.05. The Labute approximate surface area is 73.6 Å². The van der Waals surface area contributed by atoms with Crippen LogP contribution in [0.2, 0.25) is 0 Å². The lowest BCUT2D eigenvalue weighted by Crippen LogP contribution is -1.98. The summed E-state index contributed by atoms with van der Waals surface area (Å²) in [4.78, 5) is 14.7. The number of pyridine rings is 1. The molecule has 0 atom stereocenters. The Morgan fingerprint density at radius 2 is 2.23 bits per heavy atom. The van der Waals surface area contributed by atoms with Crippen LogP contribution in [0.5, 0.6) is 0 Å². The van der Waals surface area contributed by atoms with E-state index in [4.69, 9.17) is 5.11 Å². The second-order valence-corrected chi connectivity index (χ2v) is 2.72. The third-order valence-corrected chi connectivity index (χ3v) is 1.92. The largest absolute Gasteiger partial charge is 0.561 e. The highest BCUT2D eigenvalue weighted by molar-refractivity contribution is 6.01. The molecule has 0 aliphatic rings. The fourth-order valence-corrected chi connectivity index (χ4v) is 1.24. The van der Waals surface area contributed by atoms with Crippen LogP contribution in [0.25, 0.3) is 10.9 Å². The average molecular weight is 178 g/mol. The van der Waals surface area contributed by atoms with E-state index in [0.29, 0.717) is 10.9 Å². The van der Waals surface area contributed by atoms with E-state index >= 15 is 0 Å². The maximum atomic E-state index is 10.9. The van der Waals surface area contributed by atoms with Crippen molar-refractivity contribution in [3.05, 3.63) is 24.2 Å². The number of hydrogen-bond acceptors (Lipinski definition) is 3. The highest BCUT2D eigenvalue weighted by atomic mass is 16.4. The summed E-state index contributed by atoms with van der Waals surface area (Å²) in [5.74, 6) is -0.730. The SMILES string of the molecule is Cn1ncc2c(C(=O)[OH2+])cncc21. The zero-order chi connectivity index (χ0) is 9.42. The molecule has 0 aromatic carbocycles. The van der Waals surface area contributed by atoms with Crippen LogP contribution in [0.1, 0.15) is 10.4 Å². The normalized spacial score (nSPS) is 10.5. The van der Waals surface area contributed by atoms with Crippen LogP contribution < -0.4 is 0 Å². The van der Waals surface area contributed by atoms with Crippen molar-refractivity contribution in [2.45, 2.75) is 0 Å². The van der Waals surface area contributed by atoms with Crippen LogP contribution in [-0.4, -0.2) is 25.8 Å². The molecule has 2 aromatic rings. The Balaban J connectivity index is 2.84. The summed E-state index contributed by atoms with van der Waals surface area (Å²) in [6, 6.07) is 0. The van der Waals surface area contributed by atoms with Gasteiger partial charge in [-0.1, -0.05) is 0 Å². The third-order valence-electron chi connectivity index (χ3n) is 1.92. The number of rotatable bonds is 1. The molecule has 0 saturated carbocycles. The van der Waals surface area contributed by atoms with Crippen molar-refractivity contribution in [3.63, 3.8) is 0 Å². The Bertz CT molecular complexity index is 475. The molecule has 0 aliphatic carbocycles. The van der Waals surface area contributed by atoms with Crippen molar-refractivity contribution in [1.82, 2.24) is 14.8 Å². The molecule has 0 spiro atoms. The minimum Gasteiger partial charge on any atom is -0.561 e. The summed E-state index contributed by atoms with van der Waals surface area (Å²) in [5, 5.41) is 11.7. The van der Waals surface area contributed by atoms with Gasteiger partial charge in [0.25, 0.3) is 0 Å². The van der Waals surface area contributed by atoms with Crippen molar-refractivity contribution < 1.29 is 9.90 Å². The Morgan fingerprint density at radius 1 is 1.46 bits per heavy atom. The van der Waals surface area contributed by atoms with Crippen molar-refractivity contribution >= 4 is 16.9 Å². The van der Waals surface area contributed by atoms with E-state index in [0.717, 1.165) is 5.52 Å². The number of carbonyl (C=O) groups is 1. The highest BCUT2D eigenvalue weighted by Gasteiger charge is 2.17. The number of nitrogens with zero attached hydrogens (tertiary/aromatic N) is 3. The lowest BCUT2D eigenvalue weighted by atomic mass is 10.2. The molecule has 5 nitrogen and oxygen atoms in total. The van der Waals surface area contributed by atoms with E-state index in [9.17, 15) is 4.79 Å². The van der Waals surface area contributed by atoms with Gasteiger partial charge in [-0.15, -0.1) is 0 Å². The predicted octanol–water partition coefficient (Wildman–Crippen LogP) is -0.167. The topological polar surface area (TPSA) is 70.7 Å². The van der Waals surface area contributed by atoms with Crippen LogP contribution in [0.3, 0.4) is 0 Å². The first kappa shape index (κ1) is 7.72. The standard InChI is InChI=1S/C8H7N3O2/c1-11-7-4-9-2-6(8(12)13)5(7)3-10-11/h2-4H,1H3,(H,12,13)/p+1. The van der Waals surface area contributed by atoms with Gasteiger partial charge in [0.1, 0.15) is 0 Å². The number of aromatic nitrogens is 3. The summed E-state index contributed by atoms with van der Waals surface area (Å²) in [7, 11) is 1.77. The van der Waals surface area contributed by atoms with Crippen LogP contribution in [0.4, 0.5) is 0 Å². The smallest absolute Gasteiger partial charge is 0.551 e. The first-order valence-corrected chi connectivity index (χ1v) is 3.72. The molecule has 0 fully saturated rings. The summed E-state index contributed by atoms with van der Waals surface area (Å²) in [6.07, 6.45) is 4.58. The van der Waals surface area contributed by atoms with Crippen LogP contribution in [0.15, 0.2) is 18.6 Å². The Morgan fingerprint density at radius 3 is 2.92 bits per heavy atom. The van der Waals surface area contributed by atoms with Gasteiger partial charge < -0.3 is 5.11 Å². The molecule has 0 bridgehead atoms. The number of aryl methyl sites for hydroxylation is 1. The fraction of sp³-hybridized carbons (Fsp3) is 0.125. The second-order valence-electron chi connectivity index (χ2n) is 2.72. The van der Waals surface area contributed by atoms with E-state index in [-0.39, 0.29) is 0 Å². The van der Waals surface area contributed by atoms with E-state index < -0.39 is 5.97 Å². The van der Waals surface area contributed by atoms with Crippen molar-refractivity contribution in [1.29, 1.82) is 0 Å². The molecule has 5 heteroatoms. The Hall–Kier alpha value is -1.91. The molecule has 2 rings (SSSR count). The first-order valence-electron chi connectivity index (χ1n) is 3.72. The number of carbonyl (C=O) groups excluding carboxylic acids is 1. The Kier molecular flexibility index (Phi) is 1.51. The van der Waals surface area contributed by atoms with Gasteiger partial charge in [-0.2, -0.15) is 5.10 Å². The van der Waals surface area contributed by atoms with Crippen molar-refractivity contribution in [2.75, 3.05) is 0 Å². The minimum atomic E-state index is -0.730. The molecule has 13 heavy (non-hydrogen) atoms. The van der Waals surface area contributed by atoms with Gasteiger partial charge in [0.2, 0.25) is 0 Å². The van der Waals surface area contributed by atoms with Crippen LogP contribution >= 0.6 is 0 Å². The zero-order valence-electron chi connectivity index (χ0n) is 6.98. The van der Waals surface area contributed by atoms with Gasteiger partial charge in [0.15, 0.2) is 5.56 Å². The lowest BCUT2D eigenvalue weighted by Gasteiger charge is -1.93. The van der Waals surface area contributed by atoms with Gasteiger partial charge in [0.05, 0.1) is 17.9 Å². The van der Waals surface area contributed by atoms with E-state index in [1.165, 1.54) is 6.20 Å². The number of fused-ring (bicyclic) bond motifs is 1. The lowest BCUT2D eigenvalue weighted by molar-refractivity contribution is 0.0698. The quantitative estimate of drug-likeness (QED) is 0.569. The van der Waals surface area contributed by atoms with Gasteiger partial charge in [-0.25, -0.2) is 0 Å². The molecule has 0 aliphatic heterocycles. The molecular formula is C8H8N3O2+. The zero-order valence-corrected chi connectivity index (χ0v) is 6.98. The molecule has 2 aromatic heterocycles. The van der Waals surface area contributed by atoms with Gasteiger partial charge in [-0.3, -0.25) is 9.67 Å². The fourth-order valence-electron chi connectivity index (χ4n) is 1.24. The predicted molar refractivity (Wildman–Crippen MR) is 46.5 cm³/mol. The first-order chi connectivity index (χ1) is 6.20. The molecule has 0 saturated heterocycles. The average Bonchev–Trinajstić information content (AvgIpc) is 2.48. The van der Waals surface area contributed by atoms with Crippen molar-refractivity contribution in [3.8, 4) is 0 Å². The molecule has 2 heterocycles. The monoisotopic (exact) mass is 178 g/mol.